The van der Waals surface area contributed by atoms with Gasteiger partial charge in [0.25, 0.3) is 5.78 Å². The Morgan fingerprint density at radius 1 is 1.16 bits per heavy atom. The fraction of sp³-hybridized carbons (Fsp3) is 0.643. The zero-order valence-electron chi connectivity index (χ0n) is 11.6. The fourth-order valence-electron chi connectivity index (χ4n) is 3.15. The average molecular weight is 259 g/mol. The number of fused-ring (bicyclic) bond motifs is 1. The molecule has 2 N–H and O–H groups in total. The average Bonchev–Trinajstić information content (AvgIpc) is 2.65. The summed E-state index contributed by atoms with van der Waals surface area (Å²) >= 11 is 0. The molecular weight excluding hydrogens is 238 g/mol. The first-order chi connectivity index (χ1) is 9.16. The van der Waals surface area contributed by atoms with Gasteiger partial charge in [0, 0.05) is 23.3 Å². The Labute approximate surface area is 113 Å². The van der Waals surface area contributed by atoms with E-state index in [1.807, 2.05) is 6.92 Å². The molecule has 0 radical (unpaired) electrons. The fourth-order valence-corrected chi connectivity index (χ4v) is 3.15. The van der Waals surface area contributed by atoms with Gasteiger partial charge in [-0.05, 0) is 32.8 Å². The van der Waals surface area contributed by atoms with Gasteiger partial charge in [-0.1, -0.05) is 19.3 Å². The predicted molar refractivity (Wildman–Crippen MR) is 74.1 cm³/mol. The summed E-state index contributed by atoms with van der Waals surface area (Å²) < 4.78 is 2.07. The van der Waals surface area contributed by atoms with Crippen LogP contribution in [0.3, 0.4) is 0 Å². The Morgan fingerprint density at radius 3 is 2.79 bits per heavy atom. The second kappa shape index (κ2) is 4.89. The van der Waals surface area contributed by atoms with Crippen LogP contribution in [0.5, 0.6) is 0 Å². The summed E-state index contributed by atoms with van der Waals surface area (Å²) in [6, 6.07) is 2.26. The molecule has 2 atom stereocenters. The van der Waals surface area contributed by atoms with E-state index in [0.717, 1.165) is 30.1 Å². The van der Waals surface area contributed by atoms with Crippen molar-refractivity contribution in [2.45, 2.75) is 57.9 Å². The van der Waals surface area contributed by atoms with E-state index in [1.165, 1.54) is 19.3 Å². The van der Waals surface area contributed by atoms with Gasteiger partial charge in [0.1, 0.15) is 5.82 Å². The van der Waals surface area contributed by atoms with Crippen molar-refractivity contribution in [3.63, 3.8) is 0 Å². The lowest BCUT2D eigenvalue weighted by atomic mass is 9.94. The van der Waals surface area contributed by atoms with E-state index in [0.29, 0.717) is 11.7 Å². The van der Waals surface area contributed by atoms with Crippen LogP contribution in [0.1, 0.15) is 55.2 Å². The van der Waals surface area contributed by atoms with Crippen LogP contribution in [0.4, 0.5) is 0 Å². The van der Waals surface area contributed by atoms with Gasteiger partial charge < -0.3 is 5.73 Å². The molecule has 19 heavy (non-hydrogen) atoms. The van der Waals surface area contributed by atoms with Crippen LogP contribution in [0, 0.1) is 13.8 Å². The number of hydrogen-bond acceptors (Lipinski definition) is 4. The van der Waals surface area contributed by atoms with Crippen molar-refractivity contribution in [2.75, 3.05) is 0 Å². The molecule has 1 aliphatic rings. The van der Waals surface area contributed by atoms with Crippen LogP contribution < -0.4 is 5.73 Å². The molecule has 0 spiro atoms. The summed E-state index contributed by atoms with van der Waals surface area (Å²) in [7, 11) is 0. The summed E-state index contributed by atoms with van der Waals surface area (Å²) in [4.78, 5) is 4.45. The van der Waals surface area contributed by atoms with E-state index in [4.69, 9.17) is 5.73 Å². The molecule has 3 rings (SSSR count). The van der Waals surface area contributed by atoms with Crippen molar-refractivity contribution in [3.8, 4) is 0 Å². The second-order valence-electron chi connectivity index (χ2n) is 5.64. The highest BCUT2D eigenvalue weighted by molar-refractivity contribution is 5.33. The third kappa shape index (κ3) is 2.23. The predicted octanol–water partition coefficient (Wildman–Crippen LogP) is 2.12. The molecule has 1 saturated carbocycles. The van der Waals surface area contributed by atoms with E-state index in [2.05, 4.69) is 32.6 Å². The summed E-state index contributed by atoms with van der Waals surface area (Å²) in [5, 5.41) is 8.61. The van der Waals surface area contributed by atoms with Gasteiger partial charge in [0.15, 0.2) is 0 Å². The van der Waals surface area contributed by atoms with E-state index in [-0.39, 0.29) is 6.04 Å². The van der Waals surface area contributed by atoms with Crippen LogP contribution >= 0.6 is 0 Å². The molecule has 0 saturated heterocycles. The lowest BCUT2D eigenvalue weighted by molar-refractivity contribution is 0.479. The minimum atomic E-state index is 0.190. The molecule has 0 aliphatic heterocycles. The maximum absolute atomic E-state index is 6.34. The number of nitrogens with two attached hydrogens (primary N) is 1. The molecule has 102 valence electrons. The molecule has 0 bridgehead atoms. The second-order valence-corrected chi connectivity index (χ2v) is 5.64. The maximum atomic E-state index is 6.34. The molecule has 2 unspecified atom stereocenters. The number of rotatable bonds is 1. The molecule has 5 heteroatoms. The van der Waals surface area contributed by atoms with E-state index >= 15 is 0 Å². The van der Waals surface area contributed by atoms with Crippen molar-refractivity contribution in [2.24, 2.45) is 5.73 Å². The van der Waals surface area contributed by atoms with Crippen LogP contribution in [-0.4, -0.2) is 25.6 Å². The Balaban J connectivity index is 2.09. The van der Waals surface area contributed by atoms with Crippen molar-refractivity contribution >= 4 is 5.78 Å². The van der Waals surface area contributed by atoms with Crippen molar-refractivity contribution in [1.29, 1.82) is 0 Å². The van der Waals surface area contributed by atoms with Gasteiger partial charge in [-0.25, -0.2) is 4.98 Å². The number of aryl methyl sites for hydroxylation is 2. The summed E-state index contributed by atoms with van der Waals surface area (Å²) in [5.41, 5.74) is 8.46. The van der Waals surface area contributed by atoms with Gasteiger partial charge in [-0.15, -0.1) is 10.2 Å². The van der Waals surface area contributed by atoms with Gasteiger partial charge in [-0.3, -0.25) is 4.40 Å². The largest absolute Gasteiger partial charge is 0.327 e. The minimum absolute atomic E-state index is 0.190. The normalized spacial score (nSPS) is 24.6. The monoisotopic (exact) mass is 259 g/mol. The van der Waals surface area contributed by atoms with Gasteiger partial charge >= 0.3 is 0 Å². The number of aromatic nitrogens is 4. The van der Waals surface area contributed by atoms with E-state index in [9.17, 15) is 0 Å². The van der Waals surface area contributed by atoms with Crippen molar-refractivity contribution in [3.05, 3.63) is 23.3 Å². The highest BCUT2D eigenvalue weighted by Gasteiger charge is 2.27. The number of hydrogen-bond donors (Lipinski definition) is 1. The SMILES string of the molecule is Cc1cc(C)n2c(C3CCCCCC3N)nnc2n1. The smallest absolute Gasteiger partial charge is 0.255 e. The Bertz CT molecular complexity index is 589. The van der Waals surface area contributed by atoms with Crippen LogP contribution in [0.2, 0.25) is 0 Å². The zero-order chi connectivity index (χ0) is 13.4. The lowest BCUT2D eigenvalue weighted by Gasteiger charge is -2.20. The minimum Gasteiger partial charge on any atom is -0.327 e. The summed E-state index contributed by atoms with van der Waals surface area (Å²) in [6.07, 6.45) is 5.92. The molecule has 0 aromatic carbocycles. The maximum Gasteiger partial charge on any atom is 0.255 e. The lowest BCUT2D eigenvalue weighted by Crippen LogP contribution is -2.29. The molecular formula is C14H21N5. The van der Waals surface area contributed by atoms with Gasteiger partial charge in [0.05, 0.1) is 0 Å². The third-order valence-corrected chi connectivity index (χ3v) is 4.12. The topological polar surface area (TPSA) is 69.1 Å². The Hall–Kier alpha value is -1.49. The first-order valence-electron chi connectivity index (χ1n) is 7.11. The zero-order valence-corrected chi connectivity index (χ0v) is 11.6. The van der Waals surface area contributed by atoms with Crippen LogP contribution in [-0.2, 0) is 0 Å². The summed E-state index contributed by atoms with van der Waals surface area (Å²) in [6.45, 7) is 4.06. The first-order valence-corrected chi connectivity index (χ1v) is 7.11. The molecule has 1 aliphatic carbocycles. The van der Waals surface area contributed by atoms with Crippen molar-refractivity contribution < 1.29 is 0 Å². The first kappa shape index (κ1) is 12.5. The number of nitrogens with zero attached hydrogens (tertiary/aromatic N) is 4. The van der Waals surface area contributed by atoms with E-state index < -0.39 is 0 Å². The third-order valence-electron chi connectivity index (χ3n) is 4.12. The Morgan fingerprint density at radius 2 is 1.95 bits per heavy atom. The highest BCUT2D eigenvalue weighted by atomic mass is 15.3. The highest BCUT2D eigenvalue weighted by Crippen LogP contribution is 2.30. The van der Waals surface area contributed by atoms with Crippen LogP contribution in [0.15, 0.2) is 6.07 Å². The molecule has 2 aromatic heterocycles. The quantitative estimate of drug-likeness (QED) is 0.796. The van der Waals surface area contributed by atoms with Gasteiger partial charge in [-0.2, -0.15) is 0 Å². The molecule has 0 amide bonds. The standard InChI is InChI=1S/C14H21N5/c1-9-8-10(2)19-13(17-18-14(19)16-9)11-6-4-3-5-7-12(11)15/h8,11-12H,3-7,15H2,1-2H3. The molecule has 5 nitrogen and oxygen atoms in total. The molecule has 2 aromatic rings. The molecule has 1 fully saturated rings. The van der Waals surface area contributed by atoms with Crippen molar-refractivity contribution in [1.82, 2.24) is 19.6 Å². The van der Waals surface area contributed by atoms with E-state index in [1.54, 1.807) is 0 Å². The molecule has 2 heterocycles. The Kier molecular flexibility index (Phi) is 3.22. The van der Waals surface area contributed by atoms with Gasteiger partial charge in [0.2, 0.25) is 0 Å². The van der Waals surface area contributed by atoms with Crippen LogP contribution in [0.25, 0.3) is 5.78 Å². The summed E-state index contributed by atoms with van der Waals surface area (Å²) in [5.74, 6) is 2.00.